The highest BCUT2D eigenvalue weighted by Crippen LogP contribution is 2.44. The van der Waals surface area contributed by atoms with Gasteiger partial charge in [0, 0.05) is 12.6 Å². The summed E-state index contributed by atoms with van der Waals surface area (Å²) in [5, 5.41) is 10.2. The van der Waals surface area contributed by atoms with Crippen LogP contribution in [0, 0.1) is 5.41 Å². The van der Waals surface area contributed by atoms with Gasteiger partial charge in [0.05, 0.1) is 27.8 Å². The average Bonchev–Trinajstić information content (AvgIpc) is 2.94. The summed E-state index contributed by atoms with van der Waals surface area (Å²) in [4.78, 5) is 19.8. The summed E-state index contributed by atoms with van der Waals surface area (Å²) < 4.78 is 1.13. The number of hydrogen-bond acceptors (Lipinski definition) is 4. The molecule has 2 aromatic heterocycles. The van der Waals surface area contributed by atoms with Crippen LogP contribution in [0.15, 0.2) is 18.5 Å². The molecule has 2 heterocycles. The van der Waals surface area contributed by atoms with Gasteiger partial charge < -0.3 is 5.11 Å². The van der Waals surface area contributed by atoms with Gasteiger partial charge in [0.2, 0.25) is 0 Å². The predicted octanol–water partition coefficient (Wildman–Crippen LogP) is 3.27. The number of thiazole rings is 1. The SMILES string of the molecule is O=C(O)CC1(Cc2nc3cnccc3s2)CCCC1. The largest absolute Gasteiger partial charge is 0.481 e. The van der Waals surface area contributed by atoms with Gasteiger partial charge in [0.1, 0.15) is 0 Å². The van der Waals surface area contributed by atoms with Crippen LogP contribution >= 0.6 is 11.3 Å². The molecule has 0 unspecified atom stereocenters. The molecular formula is C14H16N2O2S. The van der Waals surface area contributed by atoms with Gasteiger partial charge in [-0.05, 0) is 24.3 Å². The molecule has 0 aromatic carbocycles. The molecule has 0 amide bonds. The highest BCUT2D eigenvalue weighted by atomic mass is 32.1. The number of aliphatic carboxylic acids is 1. The molecule has 0 aliphatic heterocycles. The Hall–Kier alpha value is -1.49. The van der Waals surface area contributed by atoms with Crippen LogP contribution < -0.4 is 0 Å². The van der Waals surface area contributed by atoms with Crippen LogP contribution in [0.25, 0.3) is 10.2 Å². The van der Waals surface area contributed by atoms with Gasteiger partial charge in [-0.15, -0.1) is 11.3 Å². The number of nitrogens with zero attached hydrogens (tertiary/aromatic N) is 2. The van der Waals surface area contributed by atoms with Gasteiger partial charge in [-0.3, -0.25) is 9.78 Å². The minimum atomic E-state index is -0.690. The highest BCUT2D eigenvalue weighted by molar-refractivity contribution is 7.18. The van der Waals surface area contributed by atoms with Crippen LogP contribution in [0.2, 0.25) is 0 Å². The second-order valence-corrected chi connectivity index (χ2v) is 6.52. The maximum atomic E-state index is 11.1. The van der Waals surface area contributed by atoms with Gasteiger partial charge in [0.15, 0.2) is 0 Å². The lowest BCUT2D eigenvalue weighted by Gasteiger charge is -2.25. The summed E-state index contributed by atoms with van der Waals surface area (Å²) in [6.07, 6.45) is 8.89. The molecule has 1 saturated carbocycles. The first-order valence-corrected chi connectivity index (χ1v) is 7.40. The van der Waals surface area contributed by atoms with Gasteiger partial charge >= 0.3 is 5.97 Å². The van der Waals surface area contributed by atoms with Gasteiger partial charge in [-0.2, -0.15) is 0 Å². The zero-order valence-corrected chi connectivity index (χ0v) is 11.4. The van der Waals surface area contributed by atoms with Gasteiger partial charge in [-0.25, -0.2) is 4.98 Å². The smallest absolute Gasteiger partial charge is 0.303 e. The molecule has 100 valence electrons. The zero-order valence-electron chi connectivity index (χ0n) is 10.6. The molecule has 1 aliphatic rings. The average molecular weight is 276 g/mol. The molecule has 1 fully saturated rings. The third-order valence-corrected chi connectivity index (χ3v) is 4.99. The lowest BCUT2D eigenvalue weighted by molar-refractivity contribution is -0.139. The minimum absolute atomic E-state index is 0.0763. The summed E-state index contributed by atoms with van der Waals surface area (Å²) in [6.45, 7) is 0. The number of carboxylic acid groups (broad SMARTS) is 1. The Bertz CT molecular complexity index is 569. The van der Waals surface area contributed by atoms with Crippen LogP contribution in [-0.2, 0) is 11.2 Å². The molecule has 0 atom stereocenters. The van der Waals surface area contributed by atoms with E-state index in [2.05, 4.69) is 9.97 Å². The molecule has 3 rings (SSSR count). The monoisotopic (exact) mass is 276 g/mol. The standard InChI is InChI=1S/C14H16N2O2S/c17-13(18)8-14(4-1-2-5-14)7-12-16-10-9-15-6-3-11(10)19-12/h3,6,9H,1-2,4-5,7-8H2,(H,17,18). The van der Waals surface area contributed by atoms with Crippen LogP contribution in [0.1, 0.15) is 37.1 Å². The topological polar surface area (TPSA) is 63.1 Å². The highest BCUT2D eigenvalue weighted by Gasteiger charge is 2.37. The van der Waals surface area contributed by atoms with E-state index in [9.17, 15) is 4.79 Å². The third-order valence-electron chi connectivity index (χ3n) is 3.95. The van der Waals surface area contributed by atoms with Crippen molar-refractivity contribution < 1.29 is 9.90 Å². The van der Waals surface area contributed by atoms with Crippen molar-refractivity contribution in [3.8, 4) is 0 Å². The molecule has 4 nitrogen and oxygen atoms in total. The van der Waals surface area contributed by atoms with Crippen molar-refractivity contribution in [2.45, 2.75) is 38.5 Å². The summed E-state index contributed by atoms with van der Waals surface area (Å²) in [6, 6.07) is 1.97. The summed E-state index contributed by atoms with van der Waals surface area (Å²) in [7, 11) is 0. The van der Waals surface area contributed by atoms with Crippen LogP contribution in [0.5, 0.6) is 0 Å². The molecule has 1 N–H and O–H groups in total. The molecule has 0 radical (unpaired) electrons. The maximum absolute atomic E-state index is 11.1. The Labute approximate surface area is 115 Å². The van der Waals surface area contributed by atoms with Crippen molar-refractivity contribution in [3.63, 3.8) is 0 Å². The Morgan fingerprint density at radius 2 is 2.21 bits per heavy atom. The molecule has 1 aliphatic carbocycles. The Morgan fingerprint density at radius 3 is 2.89 bits per heavy atom. The van der Waals surface area contributed by atoms with Crippen molar-refractivity contribution in [1.82, 2.24) is 9.97 Å². The Morgan fingerprint density at radius 1 is 1.42 bits per heavy atom. The number of fused-ring (bicyclic) bond motifs is 1. The maximum Gasteiger partial charge on any atom is 0.303 e. The molecule has 2 aromatic rings. The Kier molecular flexibility index (Phi) is 3.22. The van der Waals surface area contributed by atoms with Crippen molar-refractivity contribution in [3.05, 3.63) is 23.5 Å². The van der Waals surface area contributed by atoms with E-state index in [1.54, 1.807) is 23.7 Å². The van der Waals surface area contributed by atoms with E-state index in [1.807, 2.05) is 6.07 Å². The number of hydrogen-bond donors (Lipinski definition) is 1. The van der Waals surface area contributed by atoms with Crippen LogP contribution in [0.3, 0.4) is 0 Å². The van der Waals surface area contributed by atoms with Crippen molar-refractivity contribution in [2.75, 3.05) is 0 Å². The first-order chi connectivity index (χ1) is 9.17. The number of carbonyl (C=O) groups is 1. The number of aromatic nitrogens is 2. The minimum Gasteiger partial charge on any atom is -0.481 e. The van der Waals surface area contributed by atoms with Crippen molar-refractivity contribution >= 4 is 27.5 Å². The van der Waals surface area contributed by atoms with E-state index in [0.717, 1.165) is 47.3 Å². The third kappa shape index (κ3) is 2.61. The van der Waals surface area contributed by atoms with Crippen molar-refractivity contribution in [2.24, 2.45) is 5.41 Å². The molecular weight excluding hydrogens is 260 g/mol. The summed E-state index contributed by atoms with van der Waals surface area (Å²) in [5.74, 6) is -0.690. The Balaban J connectivity index is 1.87. The molecule has 19 heavy (non-hydrogen) atoms. The van der Waals surface area contributed by atoms with Gasteiger partial charge in [-0.1, -0.05) is 12.8 Å². The lowest BCUT2D eigenvalue weighted by atomic mass is 9.80. The van der Waals surface area contributed by atoms with E-state index in [-0.39, 0.29) is 11.8 Å². The molecule has 5 heteroatoms. The quantitative estimate of drug-likeness (QED) is 0.931. The number of pyridine rings is 1. The molecule has 0 saturated heterocycles. The lowest BCUT2D eigenvalue weighted by Crippen LogP contribution is -2.23. The number of carboxylic acids is 1. The first-order valence-electron chi connectivity index (χ1n) is 6.58. The normalized spacial score (nSPS) is 17.9. The number of rotatable bonds is 4. The second kappa shape index (κ2) is 4.89. The second-order valence-electron chi connectivity index (χ2n) is 5.41. The van der Waals surface area contributed by atoms with E-state index in [4.69, 9.17) is 5.11 Å². The fourth-order valence-electron chi connectivity index (χ4n) is 3.09. The molecule has 0 spiro atoms. The van der Waals surface area contributed by atoms with E-state index >= 15 is 0 Å². The molecule has 0 bridgehead atoms. The van der Waals surface area contributed by atoms with E-state index in [0.29, 0.717) is 0 Å². The van der Waals surface area contributed by atoms with E-state index < -0.39 is 5.97 Å². The van der Waals surface area contributed by atoms with Crippen LogP contribution in [-0.4, -0.2) is 21.0 Å². The first kappa shape index (κ1) is 12.5. The predicted molar refractivity (Wildman–Crippen MR) is 74.3 cm³/mol. The fraction of sp³-hybridized carbons (Fsp3) is 0.500. The summed E-state index contributed by atoms with van der Waals surface area (Å²) >= 11 is 1.67. The van der Waals surface area contributed by atoms with Gasteiger partial charge in [0.25, 0.3) is 0 Å². The zero-order chi connectivity index (χ0) is 13.3. The summed E-state index contributed by atoms with van der Waals surface area (Å²) in [5.41, 5.74) is 0.846. The van der Waals surface area contributed by atoms with Crippen molar-refractivity contribution in [1.29, 1.82) is 0 Å². The van der Waals surface area contributed by atoms with Crippen LogP contribution in [0.4, 0.5) is 0 Å². The van der Waals surface area contributed by atoms with E-state index in [1.165, 1.54) is 0 Å². The fourth-order valence-corrected chi connectivity index (χ4v) is 4.19.